The van der Waals surface area contributed by atoms with Crippen LogP contribution >= 0.6 is 0 Å². The van der Waals surface area contributed by atoms with Crippen molar-refractivity contribution in [2.24, 2.45) is 0 Å². The molecule has 0 fully saturated rings. The Morgan fingerprint density at radius 3 is 1.29 bits per heavy atom. The summed E-state index contributed by atoms with van der Waals surface area (Å²) in [5, 5.41) is 32.1. The van der Waals surface area contributed by atoms with E-state index in [4.69, 9.17) is 0 Å². The smallest absolute Gasteiger partial charge is 0.227 e. The molecule has 0 saturated carbocycles. The van der Waals surface area contributed by atoms with E-state index in [9.17, 15) is 10.2 Å². The minimum absolute atomic E-state index is 0.0358. The average Bonchev–Trinajstić information content (AvgIpc) is 3.80. The molecule has 2 atom stereocenters. The zero-order chi connectivity index (χ0) is 37.0. The number of nitrogens with zero attached hydrogens (tertiary/aromatic N) is 8. The van der Waals surface area contributed by atoms with E-state index in [1.807, 2.05) is 59.4 Å². The fourth-order valence-corrected chi connectivity index (χ4v) is 5.45. The zero-order valence-electron chi connectivity index (χ0n) is 31.0. The molecule has 6 rings (SSSR count). The van der Waals surface area contributed by atoms with Crippen molar-refractivity contribution in [2.45, 2.75) is 91.6 Å². The number of anilines is 4. The Balaban J connectivity index is 0.000000201. The van der Waals surface area contributed by atoms with Crippen LogP contribution in [0.5, 0.6) is 0 Å². The van der Waals surface area contributed by atoms with E-state index in [1.54, 1.807) is 12.7 Å². The highest BCUT2D eigenvalue weighted by molar-refractivity contribution is 5.85. The molecule has 14 heteroatoms. The SMILES string of the molecule is CCC(CO)Nc1nc(NCc2ccccc2)c2ncn(C(C)C)c2n1.CC[C@H](CO)Nc1nc(NCc2ccccc2)c2ncn(C(C)C)c2n1. The molecule has 276 valence electrons. The number of benzene rings is 2. The molecule has 0 aliphatic carbocycles. The number of hydrogen-bond acceptors (Lipinski definition) is 12. The lowest BCUT2D eigenvalue weighted by Gasteiger charge is -2.16. The van der Waals surface area contributed by atoms with Crippen LogP contribution in [0, 0.1) is 0 Å². The Labute approximate surface area is 305 Å². The van der Waals surface area contributed by atoms with Gasteiger partial charge >= 0.3 is 0 Å². The van der Waals surface area contributed by atoms with Crippen LogP contribution in [0.25, 0.3) is 22.3 Å². The number of aromatic nitrogens is 8. The van der Waals surface area contributed by atoms with E-state index >= 15 is 0 Å². The second-order valence-corrected chi connectivity index (χ2v) is 13.2. The largest absolute Gasteiger partial charge is 0.394 e. The molecule has 0 aliphatic heterocycles. The summed E-state index contributed by atoms with van der Waals surface area (Å²) < 4.78 is 4.05. The van der Waals surface area contributed by atoms with Crippen LogP contribution in [0.4, 0.5) is 23.5 Å². The first kappa shape index (κ1) is 37.9. The minimum Gasteiger partial charge on any atom is -0.394 e. The van der Waals surface area contributed by atoms with Crippen molar-refractivity contribution in [1.29, 1.82) is 0 Å². The lowest BCUT2D eigenvalue weighted by molar-refractivity contribution is 0.271. The van der Waals surface area contributed by atoms with Crippen molar-refractivity contribution in [1.82, 2.24) is 39.0 Å². The van der Waals surface area contributed by atoms with Gasteiger partial charge in [-0.2, -0.15) is 19.9 Å². The summed E-state index contributed by atoms with van der Waals surface area (Å²) >= 11 is 0. The number of nitrogens with one attached hydrogen (secondary N) is 4. The molecule has 52 heavy (non-hydrogen) atoms. The highest BCUT2D eigenvalue weighted by Crippen LogP contribution is 2.26. The molecule has 0 radical (unpaired) electrons. The summed E-state index contributed by atoms with van der Waals surface area (Å²) in [5.74, 6) is 2.37. The highest BCUT2D eigenvalue weighted by Gasteiger charge is 2.18. The predicted octanol–water partition coefficient (Wildman–Crippen LogP) is 6.40. The van der Waals surface area contributed by atoms with Gasteiger partial charge in [0.1, 0.15) is 0 Å². The molecule has 0 bridgehead atoms. The maximum Gasteiger partial charge on any atom is 0.227 e. The Morgan fingerprint density at radius 2 is 0.962 bits per heavy atom. The second-order valence-electron chi connectivity index (χ2n) is 13.2. The molecule has 0 saturated heterocycles. The normalized spacial score (nSPS) is 12.5. The van der Waals surface area contributed by atoms with E-state index < -0.39 is 0 Å². The molecular formula is C38H52N12O2. The summed E-state index contributed by atoms with van der Waals surface area (Å²) in [7, 11) is 0. The van der Waals surface area contributed by atoms with Gasteiger partial charge in [-0.25, -0.2) is 9.97 Å². The van der Waals surface area contributed by atoms with Gasteiger partial charge in [-0.3, -0.25) is 0 Å². The van der Waals surface area contributed by atoms with Crippen LogP contribution in [-0.4, -0.2) is 74.5 Å². The van der Waals surface area contributed by atoms with Gasteiger partial charge in [0, 0.05) is 25.2 Å². The molecule has 6 aromatic rings. The predicted molar refractivity (Wildman–Crippen MR) is 209 cm³/mol. The van der Waals surface area contributed by atoms with Gasteiger partial charge < -0.3 is 40.6 Å². The summed E-state index contributed by atoms with van der Waals surface area (Å²) in [4.78, 5) is 27.5. The number of aliphatic hydroxyl groups excluding tert-OH is 2. The first-order valence-electron chi connectivity index (χ1n) is 18.0. The van der Waals surface area contributed by atoms with Crippen LogP contribution in [0.15, 0.2) is 73.3 Å². The van der Waals surface area contributed by atoms with Crippen LogP contribution in [-0.2, 0) is 13.1 Å². The van der Waals surface area contributed by atoms with Gasteiger partial charge in [0.25, 0.3) is 0 Å². The fraction of sp³-hybridized carbons (Fsp3) is 0.421. The number of imidazole rings is 2. The third-order valence-corrected chi connectivity index (χ3v) is 8.65. The molecule has 0 aliphatic rings. The maximum absolute atomic E-state index is 9.47. The van der Waals surface area contributed by atoms with Gasteiger partial charge in [0.15, 0.2) is 34.0 Å². The van der Waals surface area contributed by atoms with Crippen molar-refractivity contribution >= 4 is 45.9 Å². The number of aliphatic hydroxyl groups is 2. The summed E-state index contributed by atoms with van der Waals surface area (Å²) in [5.41, 5.74) is 5.38. The van der Waals surface area contributed by atoms with Gasteiger partial charge in [0.2, 0.25) is 11.9 Å². The third-order valence-electron chi connectivity index (χ3n) is 8.65. The van der Waals surface area contributed by atoms with Gasteiger partial charge in [-0.05, 0) is 51.7 Å². The molecule has 6 N–H and O–H groups in total. The van der Waals surface area contributed by atoms with E-state index in [1.165, 1.54) is 11.1 Å². The Kier molecular flexibility index (Phi) is 13.3. The van der Waals surface area contributed by atoms with Crippen molar-refractivity contribution in [3.63, 3.8) is 0 Å². The molecule has 4 heterocycles. The monoisotopic (exact) mass is 708 g/mol. The van der Waals surface area contributed by atoms with E-state index in [-0.39, 0.29) is 37.4 Å². The molecule has 14 nitrogen and oxygen atoms in total. The van der Waals surface area contributed by atoms with Gasteiger partial charge in [-0.15, -0.1) is 0 Å². The zero-order valence-corrected chi connectivity index (χ0v) is 31.0. The quantitative estimate of drug-likeness (QED) is 0.0653. The standard InChI is InChI=1S/2C19H26N6O/c2*1-4-15(11-26)22-19-23-17(20-10-14-8-6-5-7-9-14)16-18(24-19)25(12-21-16)13(2)3/h2*5-9,12-13,15,26H,4,10-11H2,1-3H3,(H2,20,22,23,24)/t15-;/m1./s1. The lowest BCUT2D eigenvalue weighted by Crippen LogP contribution is -2.24. The highest BCUT2D eigenvalue weighted by atomic mass is 16.3. The van der Waals surface area contributed by atoms with E-state index in [0.29, 0.717) is 36.6 Å². The number of fused-ring (bicyclic) bond motifs is 2. The number of rotatable bonds is 16. The van der Waals surface area contributed by atoms with Crippen molar-refractivity contribution in [3.05, 3.63) is 84.4 Å². The molecule has 0 amide bonds. The van der Waals surface area contributed by atoms with Gasteiger partial charge in [-0.1, -0.05) is 74.5 Å². The lowest BCUT2D eigenvalue weighted by atomic mass is 10.2. The Hall–Kier alpha value is -5.34. The van der Waals surface area contributed by atoms with Gasteiger partial charge in [0.05, 0.1) is 38.0 Å². The number of hydrogen-bond donors (Lipinski definition) is 6. The van der Waals surface area contributed by atoms with Crippen molar-refractivity contribution in [2.75, 3.05) is 34.5 Å². The van der Waals surface area contributed by atoms with Crippen molar-refractivity contribution in [3.8, 4) is 0 Å². The van der Waals surface area contributed by atoms with Crippen LogP contribution < -0.4 is 21.3 Å². The molecule has 0 spiro atoms. The van der Waals surface area contributed by atoms with E-state index in [0.717, 1.165) is 35.2 Å². The van der Waals surface area contributed by atoms with Crippen molar-refractivity contribution < 1.29 is 10.2 Å². The van der Waals surface area contributed by atoms with Crippen LogP contribution in [0.3, 0.4) is 0 Å². The molecule has 4 aromatic heterocycles. The molecule has 1 unspecified atom stereocenters. The minimum atomic E-state index is -0.0788. The Morgan fingerprint density at radius 1 is 0.577 bits per heavy atom. The summed E-state index contributed by atoms with van der Waals surface area (Å²) in [6, 6.07) is 20.6. The third kappa shape index (κ3) is 9.50. The second kappa shape index (κ2) is 18.2. The molecular weight excluding hydrogens is 656 g/mol. The topological polar surface area (TPSA) is 176 Å². The Bertz CT molecular complexity index is 1830. The first-order valence-corrected chi connectivity index (χ1v) is 18.0. The summed E-state index contributed by atoms with van der Waals surface area (Å²) in [6.45, 7) is 13.8. The van der Waals surface area contributed by atoms with E-state index in [2.05, 4.69) is 103 Å². The average molecular weight is 709 g/mol. The van der Waals surface area contributed by atoms with Crippen LogP contribution in [0.2, 0.25) is 0 Å². The molecule has 2 aromatic carbocycles. The summed E-state index contributed by atoms with van der Waals surface area (Å²) in [6.07, 6.45) is 5.16. The fourth-order valence-electron chi connectivity index (χ4n) is 5.45. The van der Waals surface area contributed by atoms with Crippen LogP contribution in [0.1, 0.15) is 77.6 Å². The first-order chi connectivity index (χ1) is 25.2. The maximum atomic E-state index is 9.47.